The van der Waals surface area contributed by atoms with Gasteiger partial charge in [0.2, 0.25) is 0 Å². The molecule has 1 unspecified atom stereocenters. The van der Waals surface area contributed by atoms with Crippen LogP contribution < -0.4 is 0 Å². The summed E-state index contributed by atoms with van der Waals surface area (Å²) in [5.41, 5.74) is 7.90. The predicted octanol–water partition coefficient (Wildman–Crippen LogP) is 3.99. The van der Waals surface area contributed by atoms with Crippen LogP contribution in [0.2, 0.25) is 0 Å². The van der Waals surface area contributed by atoms with Crippen LogP contribution in [0.25, 0.3) is 5.57 Å². The van der Waals surface area contributed by atoms with Crippen LogP contribution in [0.5, 0.6) is 0 Å². The van der Waals surface area contributed by atoms with Crippen LogP contribution >= 0.6 is 0 Å². The summed E-state index contributed by atoms with van der Waals surface area (Å²) in [7, 11) is 0. The van der Waals surface area contributed by atoms with E-state index in [0.29, 0.717) is 5.76 Å². The molecule has 1 aromatic rings. The molecule has 1 aliphatic heterocycles. The van der Waals surface area contributed by atoms with Crippen LogP contribution in [-0.4, -0.2) is 17.0 Å². The third-order valence-electron chi connectivity index (χ3n) is 5.08. The first-order valence-electron chi connectivity index (χ1n) is 7.86. The maximum absolute atomic E-state index is 10.9. The molecule has 0 bridgehead atoms. The number of nitro groups is 1. The monoisotopic (exact) mass is 319 g/mol. The summed E-state index contributed by atoms with van der Waals surface area (Å²) < 4.78 is 5.45. The summed E-state index contributed by atoms with van der Waals surface area (Å²) in [6, 6.07) is 3.08. The van der Waals surface area contributed by atoms with E-state index in [9.17, 15) is 10.1 Å². The van der Waals surface area contributed by atoms with Crippen molar-refractivity contribution < 1.29 is 9.34 Å². The predicted molar refractivity (Wildman–Crippen MR) is 89.8 cm³/mol. The van der Waals surface area contributed by atoms with E-state index in [1.165, 1.54) is 22.8 Å². The van der Waals surface area contributed by atoms with Crippen molar-refractivity contribution in [3.05, 3.63) is 68.1 Å². The smallest absolute Gasteiger partial charge is 0.401 e. The van der Waals surface area contributed by atoms with Gasteiger partial charge in [-0.3, -0.25) is 10.1 Å². The highest BCUT2D eigenvalue weighted by Gasteiger charge is 2.37. The quantitative estimate of drug-likeness (QED) is 0.610. The van der Waals surface area contributed by atoms with Crippen molar-refractivity contribution in [1.29, 1.82) is 0 Å². The molecule has 24 heavy (non-hydrogen) atoms. The number of allylic oxidation sites excluding steroid dienone is 8. The highest BCUT2D eigenvalue weighted by Crippen LogP contribution is 2.51. The van der Waals surface area contributed by atoms with Crippen molar-refractivity contribution in [2.24, 2.45) is 15.9 Å². The van der Waals surface area contributed by atoms with Gasteiger partial charge in [0.1, 0.15) is 17.0 Å². The molecule has 0 N–H and O–H groups in total. The zero-order chi connectivity index (χ0) is 16.4. The number of rotatable bonds is 2. The Morgan fingerprint density at radius 2 is 2.21 bits per heavy atom. The lowest BCUT2D eigenvalue weighted by Crippen LogP contribution is -2.17. The van der Waals surface area contributed by atoms with Gasteiger partial charge in [-0.1, -0.05) is 18.6 Å². The largest absolute Gasteiger partial charge is 0.433 e. The Morgan fingerprint density at radius 3 is 3.00 bits per heavy atom. The third kappa shape index (κ3) is 1.65. The van der Waals surface area contributed by atoms with Crippen molar-refractivity contribution in [3.63, 3.8) is 0 Å². The van der Waals surface area contributed by atoms with Crippen molar-refractivity contribution in [1.82, 2.24) is 0 Å². The zero-order valence-electron chi connectivity index (χ0n) is 12.9. The SMILES string of the molecule is CC1C2=CCC3=C2C(=C2N=CN=C2C3)C=C1c1ccc([N+](=O)[O-])o1. The number of furan rings is 1. The minimum absolute atomic E-state index is 0.136. The van der Waals surface area contributed by atoms with Crippen LogP contribution in [0.1, 0.15) is 25.5 Å². The van der Waals surface area contributed by atoms with Gasteiger partial charge in [0.05, 0.1) is 17.5 Å². The average molecular weight is 319 g/mol. The molecule has 3 aliphatic carbocycles. The molecular weight excluding hydrogens is 306 g/mol. The van der Waals surface area contributed by atoms with Crippen molar-refractivity contribution in [2.45, 2.75) is 19.8 Å². The fourth-order valence-corrected chi connectivity index (χ4v) is 3.96. The second-order valence-corrected chi connectivity index (χ2v) is 6.32. The standard InChI is InChI=1S/C18H13N3O3/c1-9-11-3-2-10-6-14-18(20-8-19-14)13(17(10)11)7-12(9)15-4-5-16(24-15)21(22)23/h3-5,7-9H,2,6H2,1H3. The molecule has 2 heterocycles. The fourth-order valence-electron chi connectivity index (χ4n) is 3.96. The van der Waals surface area contributed by atoms with Crippen LogP contribution in [0.15, 0.2) is 66.7 Å². The summed E-state index contributed by atoms with van der Waals surface area (Å²) in [6.45, 7) is 2.12. The van der Waals surface area contributed by atoms with Gasteiger partial charge >= 0.3 is 5.88 Å². The van der Waals surface area contributed by atoms with Crippen LogP contribution in [-0.2, 0) is 0 Å². The van der Waals surface area contributed by atoms with Gasteiger partial charge in [-0.2, -0.15) is 0 Å². The minimum Gasteiger partial charge on any atom is -0.401 e. The number of hydrogen-bond acceptors (Lipinski definition) is 5. The normalized spacial score (nSPS) is 23.9. The Bertz CT molecular complexity index is 998. The van der Waals surface area contributed by atoms with E-state index < -0.39 is 4.92 Å². The molecule has 0 radical (unpaired) electrons. The van der Waals surface area contributed by atoms with Crippen LogP contribution in [0.3, 0.4) is 0 Å². The summed E-state index contributed by atoms with van der Waals surface area (Å²) >= 11 is 0. The van der Waals surface area contributed by atoms with Gasteiger partial charge in [0, 0.05) is 23.5 Å². The first kappa shape index (κ1) is 13.4. The molecule has 0 spiro atoms. The molecule has 0 fully saturated rings. The number of fused-ring (bicyclic) bond motifs is 1. The summed E-state index contributed by atoms with van der Waals surface area (Å²) in [6.07, 6.45) is 7.72. The topological polar surface area (TPSA) is 81.0 Å². The molecule has 1 atom stereocenters. The second kappa shape index (κ2) is 4.50. The van der Waals surface area contributed by atoms with Gasteiger partial charge in [-0.05, 0) is 29.7 Å². The minimum atomic E-state index is -0.510. The number of nitrogens with zero attached hydrogens (tertiary/aromatic N) is 3. The molecule has 0 saturated heterocycles. The number of aliphatic imine (C=N–C) groups is 2. The lowest BCUT2D eigenvalue weighted by Gasteiger charge is -2.29. The summed E-state index contributed by atoms with van der Waals surface area (Å²) in [5.74, 6) is 0.446. The van der Waals surface area contributed by atoms with Crippen LogP contribution in [0, 0.1) is 16.0 Å². The number of hydrogen-bond donors (Lipinski definition) is 0. The average Bonchev–Trinajstić information content (AvgIpc) is 3.28. The van der Waals surface area contributed by atoms with Gasteiger partial charge in [-0.15, -0.1) is 0 Å². The molecule has 4 aliphatic rings. The summed E-state index contributed by atoms with van der Waals surface area (Å²) in [4.78, 5) is 19.2. The highest BCUT2D eigenvalue weighted by molar-refractivity contribution is 6.12. The lowest BCUT2D eigenvalue weighted by molar-refractivity contribution is -0.402. The molecule has 0 aromatic carbocycles. The van der Waals surface area contributed by atoms with Crippen molar-refractivity contribution in [3.8, 4) is 0 Å². The maximum Gasteiger partial charge on any atom is 0.433 e. The van der Waals surface area contributed by atoms with E-state index in [1.54, 1.807) is 12.4 Å². The van der Waals surface area contributed by atoms with Gasteiger partial charge in [0.25, 0.3) is 0 Å². The Labute approximate surface area is 137 Å². The highest BCUT2D eigenvalue weighted by atomic mass is 16.6. The molecule has 0 saturated carbocycles. The van der Waals surface area contributed by atoms with E-state index in [-0.39, 0.29) is 11.8 Å². The third-order valence-corrected chi connectivity index (χ3v) is 5.08. The molecule has 118 valence electrons. The summed E-state index contributed by atoms with van der Waals surface area (Å²) in [5, 5.41) is 10.9. The first-order valence-corrected chi connectivity index (χ1v) is 7.86. The molecule has 6 heteroatoms. The lowest BCUT2D eigenvalue weighted by atomic mass is 9.75. The molecule has 6 nitrogen and oxygen atoms in total. The van der Waals surface area contributed by atoms with Crippen molar-refractivity contribution in [2.75, 3.05) is 0 Å². The molecule has 1 aromatic heterocycles. The Morgan fingerprint density at radius 1 is 1.33 bits per heavy atom. The Hall–Kier alpha value is -3.02. The van der Waals surface area contributed by atoms with Crippen LogP contribution in [0.4, 0.5) is 5.88 Å². The van der Waals surface area contributed by atoms with Gasteiger partial charge in [-0.25, -0.2) is 9.98 Å². The van der Waals surface area contributed by atoms with Gasteiger partial charge < -0.3 is 4.42 Å². The fraction of sp³-hybridized carbons (Fsp3) is 0.222. The van der Waals surface area contributed by atoms with Crippen molar-refractivity contribution >= 4 is 23.5 Å². The molecule has 0 amide bonds. The maximum atomic E-state index is 10.9. The Kier molecular flexibility index (Phi) is 2.52. The van der Waals surface area contributed by atoms with E-state index in [4.69, 9.17) is 4.42 Å². The Balaban J connectivity index is 1.72. The first-order chi connectivity index (χ1) is 11.6. The second-order valence-electron chi connectivity index (χ2n) is 6.32. The van der Waals surface area contributed by atoms with E-state index in [1.807, 2.05) is 0 Å². The molecule has 5 rings (SSSR count). The molecular formula is C18H13N3O3. The van der Waals surface area contributed by atoms with E-state index >= 15 is 0 Å². The van der Waals surface area contributed by atoms with Gasteiger partial charge in [0.15, 0.2) is 0 Å². The zero-order valence-corrected chi connectivity index (χ0v) is 12.9. The van der Waals surface area contributed by atoms with E-state index in [0.717, 1.165) is 35.4 Å². The van der Waals surface area contributed by atoms with E-state index in [2.05, 4.69) is 29.1 Å².